The highest BCUT2D eigenvalue weighted by molar-refractivity contribution is 6.15. The van der Waals surface area contributed by atoms with Gasteiger partial charge in [-0.2, -0.15) is 4.98 Å². The SMILES string of the molecule is COc1cc(-c2noc(C)n2)c(C(=O)c2ccccn2)c([N+](=O)[O-])c1O. The van der Waals surface area contributed by atoms with Gasteiger partial charge in [0.15, 0.2) is 5.75 Å². The van der Waals surface area contributed by atoms with Crippen LogP contribution in [-0.4, -0.2) is 38.0 Å². The second-order valence-corrected chi connectivity index (χ2v) is 5.14. The Labute approximate surface area is 146 Å². The van der Waals surface area contributed by atoms with Gasteiger partial charge in [0.05, 0.1) is 12.0 Å². The third kappa shape index (κ3) is 2.83. The van der Waals surface area contributed by atoms with Crippen molar-refractivity contribution in [3.8, 4) is 22.9 Å². The zero-order valence-corrected chi connectivity index (χ0v) is 13.7. The van der Waals surface area contributed by atoms with Gasteiger partial charge in [0.2, 0.25) is 23.2 Å². The Balaban J connectivity index is 2.37. The Kier molecular flexibility index (Phi) is 4.31. The number of ketones is 1. The van der Waals surface area contributed by atoms with Gasteiger partial charge >= 0.3 is 5.69 Å². The molecule has 0 aliphatic carbocycles. The van der Waals surface area contributed by atoms with E-state index >= 15 is 0 Å². The van der Waals surface area contributed by atoms with Crippen molar-refractivity contribution in [3.05, 3.63) is 57.7 Å². The number of benzene rings is 1. The molecule has 3 rings (SSSR count). The summed E-state index contributed by atoms with van der Waals surface area (Å²) >= 11 is 0. The molecule has 0 aliphatic rings. The van der Waals surface area contributed by atoms with Crippen LogP contribution in [0.4, 0.5) is 5.69 Å². The van der Waals surface area contributed by atoms with Gasteiger partial charge in [-0.3, -0.25) is 19.9 Å². The predicted molar refractivity (Wildman–Crippen MR) is 87.0 cm³/mol. The van der Waals surface area contributed by atoms with Crippen molar-refractivity contribution < 1.29 is 24.1 Å². The highest BCUT2D eigenvalue weighted by atomic mass is 16.6. The van der Waals surface area contributed by atoms with Gasteiger partial charge in [-0.1, -0.05) is 11.2 Å². The lowest BCUT2D eigenvalue weighted by molar-refractivity contribution is -0.386. The number of aryl methyl sites for hydroxylation is 1. The molecule has 2 aromatic heterocycles. The first-order valence-electron chi connectivity index (χ1n) is 7.28. The van der Waals surface area contributed by atoms with Crippen LogP contribution >= 0.6 is 0 Å². The smallest absolute Gasteiger partial charge is 0.326 e. The summed E-state index contributed by atoms with van der Waals surface area (Å²) in [6, 6.07) is 5.80. The minimum absolute atomic E-state index is 0.0150. The molecule has 0 atom stereocenters. The molecule has 0 spiro atoms. The number of methoxy groups -OCH3 is 1. The number of hydrogen-bond donors (Lipinski definition) is 1. The van der Waals surface area contributed by atoms with Crippen LogP contribution in [0.15, 0.2) is 35.0 Å². The molecule has 0 saturated heterocycles. The lowest BCUT2D eigenvalue weighted by Crippen LogP contribution is -2.10. The van der Waals surface area contributed by atoms with E-state index in [1.165, 1.54) is 32.4 Å². The van der Waals surface area contributed by atoms with Crippen molar-refractivity contribution in [2.75, 3.05) is 7.11 Å². The fraction of sp³-hybridized carbons (Fsp3) is 0.125. The Morgan fingerprint density at radius 2 is 2.15 bits per heavy atom. The minimum atomic E-state index is -0.871. The number of ether oxygens (including phenoxy) is 1. The summed E-state index contributed by atoms with van der Waals surface area (Å²) in [4.78, 5) is 31.6. The van der Waals surface area contributed by atoms with E-state index in [0.717, 1.165) is 0 Å². The Morgan fingerprint density at radius 3 is 2.69 bits per heavy atom. The zero-order valence-electron chi connectivity index (χ0n) is 13.7. The number of nitrogens with zero attached hydrogens (tertiary/aromatic N) is 4. The molecule has 3 aromatic rings. The Morgan fingerprint density at radius 1 is 1.38 bits per heavy atom. The Bertz CT molecular complexity index is 999. The van der Waals surface area contributed by atoms with Crippen molar-refractivity contribution in [2.24, 2.45) is 0 Å². The van der Waals surface area contributed by atoms with Crippen LogP contribution in [0.3, 0.4) is 0 Å². The summed E-state index contributed by atoms with van der Waals surface area (Å²) in [6.07, 6.45) is 1.38. The largest absolute Gasteiger partial charge is 0.499 e. The maximum atomic E-state index is 12.9. The highest BCUT2D eigenvalue weighted by Gasteiger charge is 2.34. The molecule has 1 N–H and O–H groups in total. The van der Waals surface area contributed by atoms with Gasteiger partial charge in [0, 0.05) is 18.7 Å². The van der Waals surface area contributed by atoms with Crippen molar-refractivity contribution in [1.29, 1.82) is 0 Å². The predicted octanol–water partition coefficient (Wildman–Crippen LogP) is 2.29. The molecule has 132 valence electrons. The number of phenols is 1. The molecule has 0 fully saturated rings. The molecule has 0 saturated carbocycles. The third-order valence-corrected chi connectivity index (χ3v) is 3.53. The van der Waals surface area contributed by atoms with E-state index in [1.807, 2.05) is 0 Å². The van der Waals surface area contributed by atoms with E-state index in [2.05, 4.69) is 15.1 Å². The standard InChI is InChI=1S/C16H12N4O6/c1-8-18-16(19-26-8)9-7-11(25-2)15(22)13(20(23)24)12(9)14(21)10-5-3-4-6-17-10/h3-7,22H,1-2H3. The van der Waals surface area contributed by atoms with E-state index in [-0.39, 0.29) is 28.7 Å². The second-order valence-electron chi connectivity index (χ2n) is 5.14. The van der Waals surface area contributed by atoms with Crippen LogP contribution in [0.2, 0.25) is 0 Å². The number of carbonyl (C=O) groups excluding carboxylic acids is 1. The maximum absolute atomic E-state index is 12.9. The van der Waals surface area contributed by atoms with Crippen LogP contribution in [0.5, 0.6) is 11.5 Å². The molecule has 1 aromatic carbocycles. The summed E-state index contributed by atoms with van der Waals surface area (Å²) in [5.41, 5.74) is -1.29. The number of carbonyl (C=O) groups is 1. The number of pyridine rings is 1. The molecule has 10 heteroatoms. The number of aromatic hydroxyl groups is 1. The fourth-order valence-corrected chi connectivity index (χ4v) is 2.41. The second kappa shape index (κ2) is 6.59. The number of rotatable bonds is 5. The molecule has 0 amide bonds. The summed E-state index contributed by atoms with van der Waals surface area (Å²) in [6.45, 7) is 1.53. The molecule has 0 aliphatic heterocycles. The average Bonchev–Trinajstić information content (AvgIpc) is 3.07. The van der Waals surface area contributed by atoms with Gasteiger partial charge in [-0.05, 0) is 18.2 Å². The first-order chi connectivity index (χ1) is 12.4. The van der Waals surface area contributed by atoms with Crippen molar-refractivity contribution >= 4 is 11.5 Å². The van der Waals surface area contributed by atoms with Crippen LogP contribution in [0.1, 0.15) is 21.9 Å². The molecule has 0 radical (unpaired) electrons. The maximum Gasteiger partial charge on any atom is 0.326 e. The first-order valence-corrected chi connectivity index (χ1v) is 7.28. The highest BCUT2D eigenvalue weighted by Crippen LogP contribution is 2.44. The van der Waals surface area contributed by atoms with Gasteiger partial charge in [-0.15, -0.1) is 0 Å². The van der Waals surface area contributed by atoms with Crippen LogP contribution in [0, 0.1) is 17.0 Å². The van der Waals surface area contributed by atoms with E-state index < -0.39 is 27.7 Å². The summed E-state index contributed by atoms with van der Waals surface area (Å²) in [5, 5.41) is 25.5. The van der Waals surface area contributed by atoms with E-state index in [0.29, 0.717) is 0 Å². The quantitative estimate of drug-likeness (QED) is 0.414. The van der Waals surface area contributed by atoms with E-state index in [4.69, 9.17) is 9.26 Å². The zero-order chi connectivity index (χ0) is 18.8. The summed E-state index contributed by atoms with van der Waals surface area (Å²) in [7, 11) is 1.23. The fourth-order valence-electron chi connectivity index (χ4n) is 2.41. The first kappa shape index (κ1) is 17.0. The van der Waals surface area contributed by atoms with Crippen LogP contribution in [0.25, 0.3) is 11.4 Å². The van der Waals surface area contributed by atoms with Crippen LogP contribution < -0.4 is 4.74 Å². The molecule has 0 bridgehead atoms. The van der Waals surface area contributed by atoms with Gasteiger partial charge < -0.3 is 14.4 Å². The van der Waals surface area contributed by atoms with E-state index in [1.54, 1.807) is 12.1 Å². The molecular formula is C16H12N4O6. The third-order valence-electron chi connectivity index (χ3n) is 3.53. The monoisotopic (exact) mass is 356 g/mol. The van der Waals surface area contributed by atoms with E-state index in [9.17, 15) is 20.0 Å². The topological polar surface area (TPSA) is 141 Å². The molecule has 26 heavy (non-hydrogen) atoms. The number of aromatic nitrogens is 3. The van der Waals surface area contributed by atoms with Crippen LogP contribution in [-0.2, 0) is 0 Å². The normalized spacial score (nSPS) is 10.5. The lowest BCUT2D eigenvalue weighted by Gasteiger charge is -2.11. The number of hydrogen-bond acceptors (Lipinski definition) is 9. The average molecular weight is 356 g/mol. The Hall–Kier alpha value is -3.82. The number of nitro benzene ring substituents is 1. The number of phenolic OH excluding ortho intramolecular Hbond substituents is 1. The van der Waals surface area contributed by atoms with Gasteiger partial charge in [0.1, 0.15) is 11.3 Å². The molecule has 0 unspecified atom stereocenters. The minimum Gasteiger partial charge on any atom is -0.499 e. The molecular weight excluding hydrogens is 344 g/mol. The molecule has 2 heterocycles. The summed E-state index contributed by atoms with van der Waals surface area (Å²) in [5.74, 6) is -1.60. The van der Waals surface area contributed by atoms with Gasteiger partial charge in [0.25, 0.3) is 0 Å². The van der Waals surface area contributed by atoms with Crippen molar-refractivity contribution in [2.45, 2.75) is 6.92 Å². The number of nitro groups is 1. The van der Waals surface area contributed by atoms with Crippen molar-refractivity contribution in [3.63, 3.8) is 0 Å². The summed E-state index contributed by atoms with van der Waals surface area (Å²) < 4.78 is 9.88. The molecule has 10 nitrogen and oxygen atoms in total. The lowest BCUT2D eigenvalue weighted by atomic mass is 9.97. The van der Waals surface area contributed by atoms with Gasteiger partial charge in [-0.25, -0.2) is 0 Å². The van der Waals surface area contributed by atoms with Crippen molar-refractivity contribution in [1.82, 2.24) is 15.1 Å².